The summed E-state index contributed by atoms with van der Waals surface area (Å²) in [4.78, 5) is 0.120. The van der Waals surface area contributed by atoms with Crippen molar-refractivity contribution in [3.05, 3.63) is 59.5 Å². The van der Waals surface area contributed by atoms with Gasteiger partial charge in [0.1, 0.15) is 5.83 Å². The van der Waals surface area contributed by atoms with Crippen molar-refractivity contribution in [2.75, 3.05) is 0 Å². The van der Waals surface area contributed by atoms with Crippen LogP contribution in [0.25, 0.3) is 0 Å². The smallest absolute Gasteiger partial charge is 0.123 e. The van der Waals surface area contributed by atoms with Crippen LogP contribution in [0, 0.1) is 0 Å². The maximum atomic E-state index is 12.9. The van der Waals surface area contributed by atoms with Crippen LogP contribution >= 0.6 is 15.9 Å². The van der Waals surface area contributed by atoms with Gasteiger partial charge in [0.2, 0.25) is 0 Å². The Bertz CT molecular complexity index is 356. The van der Waals surface area contributed by atoms with Crippen LogP contribution in [0.2, 0.25) is 0 Å². The number of rotatable bonds is 0. The molecule has 13 heavy (non-hydrogen) atoms. The summed E-state index contributed by atoms with van der Waals surface area (Å²) in [5.74, 6) is -0.188. The molecule has 0 aliphatic heterocycles. The molecule has 66 valence electrons. The maximum Gasteiger partial charge on any atom is 0.123 e. The Hall–Kier alpha value is -0.890. The van der Waals surface area contributed by atoms with Crippen LogP contribution in [0.5, 0.6) is 0 Å². The average molecular weight is 239 g/mol. The third kappa shape index (κ3) is 1.73. The van der Waals surface area contributed by atoms with Crippen molar-refractivity contribution >= 4 is 15.9 Å². The summed E-state index contributed by atoms with van der Waals surface area (Å²) < 4.78 is 12.9. The van der Waals surface area contributed by atoms with Gasteiger partial charge in [0.15, 0.2) is 0 Å². The second kappa shape index (κ2) is 3.46. The van der Waals surface area contributed by atoms with Gasteiger partial charge in [-0.2, -0.15) is 0 Å². The molecule has 0 heterocycles. The summed E-state index contributed by atoms with van der Waals surface area (Å²) in [6.45, 7) is 0. The van der Waals surface area contributed by atoms with Crippen molar-refractivity contribution in [3.63, 3.8) is 0 Å². The molecule has 2 aliphatic rings. The largest absolute Gasteiger partial charge is 0.207 e. The molecule has 1 unspecified atom stereocenters. The van der Waals surface area contributed by atoms with Crippen LogP contribution in [-0.4, -0.2) is 4.83 Å². The van der Waals surface area contributed by atoms with Gasteiger partial charge in [-0.15, -0.1) is 0 Å². The van der Waals surface area contributed by atoms with E-state index in [1.54, 1.807) is 12.2 Å². The highest BCUT2D eigenvalue weighted by Gasteiger charge is 2.14. The number of alkyl halides is 1. The zero-order valence-electron chi connectivity index (χ0n) is 6.87. The van der Waals surface area contributed by atoms with Crippen molar-refractivity contribution in [2.24, 2.45) is 0 Å². The molecule has 0 aromatic rings. The van der Waals surface area contributed by atoms with Crippen LogP contribution < -0.4 is 0 Å². The van der Waals surface area contributed by atoms with E-state index in [-0.39, 0.29) is 10.7 Å². The normalized spacial score (nSPS) is 25.7. The molecular formula is C11H8BrF. The van der Waals surface area contributed by atoms with E-state index in [1.165, 1.54) is 6.08 Å². The van der Waals surface area contributed by atoms with Crippen molar-refractivity contribution < 1.29 is 4.39 Å². The number of halogens is 2. The standard InChI is InChI=1S/C11H8BrF/c12-11-6-5-9(13)7-10(11)8-3-1-2-4-8/h1-7,11H. The second-order valence-corrected chi connectivity index (χ2v) is 3.91. The quantitative estimate of drug-likeness (QED) is 0.566. The zero-order chi connectivity index (χ0) is 9.26. The predicted molar refractivity (Wildman–Crippen MR) is 56.4 cm³/mol. The van der Waals surface area contributed by atoms with Crippen LogP contribution in [-0.2, 0) is 0 Å². The molecule has 0 amide bonds. The van der Waals surface area contributed by atoms with E-state index < -0.39 is 0 Å². The molecule has 0 radical (unpaired) electrons. The molecule has 2 rings (SSSR count). The Labute approximate surface area is 85.0 Å². The monoisotopic (exact) mass is 238 g/mol. The molecule has 0 bridgehead atoms. The van der Waals surface area contributed by atoms with Gasteiger partial charge in [0, 0.05) is 0 Å². The minimum atomic E-state index is -0.188. The molecule has 1 atom stereocenters. The van der Waals surface area contributed by atoms with Gasteiger partial charge in [-0.3, -0.25) is 0 Å². The fourth-order valence-electron chi connectivity index (χ4n) is 1.37. The molecule has 0 saturated heterocycles. The Morgan fingerprint density at radius 3 is 2.54 bits per heavy atom. The molecule has 0 fully saturated rings. The fraction of sp³-hybridized carbons (Fsp3) is 0.0909. The summed E-state index contributed by atoms with van der Waals surface area (Å²) in [7, 11) is 0. The highest BCUT2D eigenvalue weighted by molar-refractivity contribution is 9.09. The van der Waals surface area contributed by atoms with Crippen LogP contribution in [0.1, 0.15) is 0 Å². The van der Waals surface area contributed by atoms with E-state index in [2.05, 4.69) is 15.9 Å². The first-order valence-corrected chi connectivity index (χ1v) is 4.97. The Kier molecular flexibility index (Phi) is 2.32. The topological polar surface area (TPSA) is 0 Å². The Morgan fingerprint density at radius 2 is 1.85 bits per heavy atom. The first-order valence-electron chi connectivity index (χ1n) is 4.06. The van der Waals surface area contributed by atoms with E-state index in [0.717, 1.165) is 11.1 Å². The van der Waals surface area contributed by atoms with Crippen molar-refractivity contribution in [1.29, 1.82) is 0 Å². The summed E-state index contributed by atoms with van der Waals surface area (Å²) in [5.41, 5.74) is 2.05. The number of hydrogen-bond acceptors (Lipinski definition) is 0. The van der Waals surface area contributed by atoms with Crippen molar-refractivity contribution in [3.8, 4) is 0 Å². The van der Waals surface area contributed by atoms with Gasteiger partial charge in [0.25, 0.3) is 0 Å². The van der Waals surface area contributed by atoms with E-state index in [9.17, 15) is 4.39 Å². The first kappa shape index (κ1) is 8.70. The summed E-state index contributed by atoms with van der Waals surface area (Å²) >= 11 is 3.47. The molecule has 2 heteroatoms. The van der Waals surface area contributed by atoms with E-state index >= 15 is 0 Å². The molecule has 2 aliphatic carbocycles. The third-order valence-corrected chi connectivity index (χ3v) is 2.81. The van der Waals surface area contributed by atoms with E-state index in [4.69, 9.17) is 0 Å². The Morgan fingerprint density at radius 1 is 1.15 bits per heavy atom. The first-order chi connectivity index (χ1) is 6.27. The molecule has 0 N–H and O–H groups in total. The molecule has 0 aromatic heterocycles. The lowest BCUT2D eigenvalue weighted by atomic mass is 10.0. The van der Waals surface area contributed by atoms with Crippen LogP contribution in [0.4, 0.5) is 4.39 Å². The van der Waals surface area contributed by atoms with Gasteiger partial charge in [0.05, 0.1) is 4.83 Å². The lowest BCUT2D eigenvalue weighted by molar-refractivity contribution is 0.662. The SMILES string of the molecule is FC1=CC(=C2C=CC=C2)C(Br)C=C1. The maximum absolute atomic E-state index is 12.9. The van der Waals surface area contributed by atoms with Gasteiger partial charge in [-0.25, -0.2) is 4.39 Å². The van der Waals surface area contributed by atoms with Gasteiger partial charge >= 0.3 is 0 Å². The molecule has 0 spiro atoms. The molecule has 0 nitrogen and oxygen atoms in total. The third-order valence-electron chi connectivity index (χ3n) is 2.01. The number of allylic oxidation sites excluding steroid dienone is 10. The summed E-state index contributed by atoms with van der Waals surface area (Å²) in [5, 5.41) is 0. The highest BCUT2D eigenvalue weighted by atomic mass is 79.9. The van der Waals surface area contributed by atoms with Crippen LogP contribution in [0.15, 0.2) is 59.5 Å². The van der Waals surface area contributed by atoms with Gasteiger partial charge in [-0.05, 0) is 23.3 Å². The fourth-order valence-corrected chi connectivity index (χ4v) is 1.91. The molecule has 0 saturated carbocycles. The lowest BCUT2D eigenvalue weighted by Gasteiger charge is -2.12. The summed E-state index contributed by atoms with van der Waals surface area (Å²) in [6.07, 6.45) is 12.7. The minimum absolute atomic E-state index is 0.120. The van der Waals surface area contributed by atoms with E-state index in [1.807, 2.05) is 24.3 Å². The minimum Gasteiger partial charge on any atom is -0.207 e. The summed E-state index contributed by atoms with van der Waals surface area (Å²) in [6, 6.07) is 0. The van der Waals surface area contributed by atoms with Gasteiger partial charge in [-0.1, -0.05) is 46.3 Å². The molecule has 0 aromatic carbocycles. The predicted octanol–water partition coefficient (Wildman–Crippen LogP) is 3.60. The average Bonchev–Trinajstić information content (AvgIpc) is 2.61. The van der Waals surface area contributed by atoms with Gasteiger partial charge < -0.3 is 0 Å². The Balaban J connectivity index is 2.44. The number of hydrogen-bond donors (Lipinski definition) is 0. The zero-order valence-corrected chi connectivity index (χ0v) is 8.46. The molecular weight excluding hydrogens is 231 g/mol. The van der Waals surface area contributed by atoms with Crippen LogP contribution in [0.3, 0.4) is 0 Å². The van der Waals surface area contributed by atoms with Crippen molar-refractivity contribution in [2.45, 2.75) is 4.83 Å². The van der Waals surface area contributed by atoms with Crippen molar-refractivity contribution in [1.82, 2.24) is 0 Å². The second-order valence-electron chi connectivity index (χ2n) is 2.92. The van der Waals surface area contributed by atoms with E-state index in [0.29, 0.717) is 0 Å². The highest BCUT2D eigenvalue weighted by Crippen LogP contribution is 2.28. The lowest BCUT2D eigenvalue weighted by Crippen LogP contribution is -2.02.